The van der Waals surface area contributed by atoms with Crippen LogP contribution in [0.15, 0.2) is 0 Å². The van der Waals surface area contributed by atoms with E-state index in [1.807, 2.05) is 13.8 Å². The van der Waals surface area contributed by atoms with E-state index in [1.54, 1.807) is 0 Å². The molecule has 4 heteroatoms. The van der Waals surface area contributed by atoms with E-state index < -0.39 is 9.68 Å². The van der Waals surface area contributed by atoms with Crippen molar-refractivity contribution in [3.63, 3.8) is 0 Å². The number of nitrogens with one attached hydrogen (secondary N) is 1. The first-order chi connectivity index (χ1) is 5.35. The summed E-state index contributed by atoms with van der Waals surface area (Å²) in [6.45, 7) is 8.58. The Balaban J connectivity index is 3.34. The summed E-state index contributed by atoms with van der Waals surface area (Å²) in [5, 5.41) is 0. The molecule has 3 nitrogen and oxygen atoms in total. The van der Waals surface area contributed by atoms with Crippen molar-refractivity contribution in [2.45, 2.75) is 26.7 Å². The highest BCUT2D eigenvalue weighted by Gasteiger charge is 2.05. The van der Waals surface area contributed by atoms with Crippen LogP contribution in [0.4, 0.5) is 0 Å². The highest BCUT2D eigenvalue weighted by atomic mass is 28.2. The van der Waals surface area contributed by atoms with Crippen LogP contribution in [0.25, 0.3) is 0 Å². The second-order valence-corrected chi connectivity index (χ2v) is 3.72. The van der Waals surface area contributed by atoms with Crippen molar-refractivity contribution in [3.8, 4) is 0 Å². The second kappa shape index (κ2) is 8.20. The predicted molar refractivity (Wildman–Crippen MR) is 49.3 cm³/mol. The van der Waals surface area contributed by atoms with Gasteiger partial charge in [0.15, 0.2) is 9.68 Å². The zero-order valence-corrected chi connectivity index (χ0v) is 9.14. The minimum absolute atomic E-state index is 0.0601. The Hall–Kier alpha value is 0.0969. The van der Waals surface area contributed by atoms with Gasteiger partial charge in [-0.1, -0.05) is 6.92 Å². The molecule has 68 valence electrons. The summed E-state index contributed by atoms with van der Waals surface area (Å²) in [6, 6.07) is 0. The van der Waals surface area contributed by atoms with Crippen molar-refractivity contribution in [1.29, 1.82) is 0 Å². The van der Waals surface area contributed by atoms with Crippen molar-refractivity contribution in [1.82, 2.24) is 4.98 Å². The largest absolute Gasteiger partial charge is 0.356 e. The molecule has 0 bridgehead atoms. The molecule has 0 radical (unpaired) electrons. The third-order valence-electron chi connectivity index (χ3n) is 1.27. The first-order valence-corrected chi connectivity index (χ1v) is 5.81. The summed E-state index contributed by atoms with van der Waals surface area (Å²) in [4.78, 5) is 3.31. The molecule has 1 N–H and O–H groups in total. The molecule has 0 atom stereocenters. The summed E-state index contributed by atoms with van der Waals surface area (Å²) in [5.74, 6) is 0.0601. The molecule has 0 aliphatic carbocycles. The Kier molecular flexibility index (Phi) is 8.27. The van der Waals surface area contributed by atoms with Gasteiger partial charge in [0, 0.05) is 13.2 Å². The van der Waals surface area contributed by atoms with Gasteiger partial charge in [-0.05, 0) is 20.4 Å². The molecular weight excluding hydrogens is 158 g/mol. The number of ether oxygens (including phenoxy) is 2. The maximum absolute atomic E-state index is 5.36. The minimum Gasteiger partial charge on any atom is -0.356 e. The van der Waals surface area contributed by atoms with Crippen LogP contribution in [-0.4, -0.2) is 35.4 Å². The quantitative estimate of drug-likeness (QED) is 0.440. The van der Waals surface area contributed by atoms with Crippen molar-refractivity contribution in [3.05, 3.63) is 0 Å². The maximum atomic E-state index is 5.36. The number of hydrogen-bond donors (Lipinski definition) is 1. The number of rotatable bonds is 7. The van der Waals surface area contributed by atoms with E-state index in [9.17, 15) is 0 Å². The summed E-state index contributed by atoms with van der Waals surface area (Å²) in [5.41, 5.74) is 0. The van der Waals surface area contributed by atoms with Gasteiger partial charge < -0.3 is 14.5 Å². The Labute approximate surface area is 71.4 Å². The Morgan fingerprint density at radius 2 is 1.73 bits per heavy atom. The normalized spacial score (nSPS) is 12.0. The molecule has 0 aromatic heterocycles. The third-order valence-corrected chi connectivity index (χ3v) is 2.86. The third kappa shape index (κ3) is 6.49. The van der Waals surface area contributed by atoms with E-state index in [1.165, 1.54) is 0 Å². The lowest BCUT2D eigenvalue weighted by molar-refractivity contribution is -0.0835. The van der Waals surface area contributed by atoms with Gasteiger partial charge in [-0.15, -0.1) is 0 Å². The lowest BCUT2D eigenvalue weighted by atomic mass is 10.8. The molecule has 0 aromatic carbocycles. The lowest BCUT2D eigenvalue weighted by Crippen LogP contribution is -2.35. The van der Waals surface area contributed by atoms with Gasteiger partial charge in [0.2, 0.25) is 0 Å². The molecule has 0 spiro atoms. The van der Waals surface area contributed by atoms with Crippen LogP contribution < -0.4 is 4.98 Å². The van der Waals surface area contributed by atoms with Crippen LogP contribution in [0, 0.1) is 0 Å². The van der Waals surface area contributed by atoms with Crippen LogP contribution in [0.3, 0.4) is 0 Å². The fraction of sp³-hybridized carbons (Fsp3) is 1.00. The average molecular weight is 177 g/mol. The van der Waals surface area contributed by atoms with E-state index in [4.69, 9.17) is 9.47 Å². The SMILES string of the molecule is CCN[SiH2]C(OCC)OCC. The van der Waals surface area contributed by atoms with E-state index in [0.29, 0.717) is 0 Å². The van der Waals surface area contributed by atoms with Gasteiger partial charge in [0.05, 0.1) is 0 Å². The molecule has 0 heterocycles. The topological polar surface area (TPSA) is 30.5 Å². The van der Waals surface area contributed by atoms with E-state index in [-0.39, 0.29) is 5.91 Å². The van der Waals surface area contributed by atoms with Gasteiger partial charge in [0.25, 0.3) is 0 Å². The molecule has 11 heavy (non-hydrogen) atoms. The van der Waals surface area contributed by atoms with Gasteiger partial charge >= 0.3 is 0 Å². The first kappa shape index (κ1) is 11.1. The standard InChI is InChI=1S/C7H19NO2Si/c1-4-8-11-7(9-5-2)10-6-3/h7-8H,4-6,11H2,1-3H3. The minimum atomic E-state index is -0.391. The maximum Gasteiger partial charge on any atom is 0.159 e. The molecule has 0 saturated heterocycles. The smallest absolute Gasteiger partial charge is 0.159 e. The van der Waals surface area contributed by atoms with Crippen LogP contribution in [-0.2, 0) is 9.47 Å². The van der Waals surface area contributed by atoms with Crippen LogP contribution in [0.5, 0.6) is 0 Å². The first-order valence-electron chi connectivity index (χ1n) is 4.29. The molecular formula is C7H19NO2Si. The van der Waals surface area contributed by atoms with Gasteiger partial charge in [-0.25, -0.2) is 0 Å². The second-order valence-electron chi connectivity index (χ2n) is 2.15. The van der Waals surface area contributed by atoms with Gasteiger partial charge in [0.1, 0.15) is 5.91 Å². The van der Waals surface area contributed by atoms with Gasteiger partial charge in [-0.2, -0.15) is 0 Å². The zero-order valence-electron chi connectivity index (χ0n) is 7.72. The van der Waals surface area contributed by atoms with Crippen molar-refractivity contribution < 1.29 is 9.47 Å². The summed E-state index contributed by atoms with van der Waals surface area (Å²) in [7, 11) is -0.391. The van der Waals surface area contributed by atoms with Crippen molar-refractivity contribution in [2.24, 2.45) is 0 Å². The van der Waals surface area contributed by atoms with Crippen molar-refractivity contribution >= 4 is 9.68 Å². The monoisotopic (exact) mass is 177 g/mol. The molecule has 0 aromatic rings. The highest BCUT2D eigenvalue weighted by Crippen LogP contribution is 1.90. The highest BCUT2D eigenvalue weighted by molar-refractivity contribution is 6.33. The van der Waals surface area contributed by atoms with E-state index >= 15 is 0 Å². The van der Waals surface area contributed by atoms with Gasteiger partial charge in [-0.3, -0.25) is 0 Å². The van der Waals surface area contributed by atoms with Crippen LogP contribution in [0.1, 0.15) is 20.8 Å². The zero-order chi connectivity index (χ0) is 8.53. The predicted octanol–water partition coefficient (Wildman–Crippen LogP) is 0.0363. The van der Waals surface area contributed by atoms with Crippen molar-refractivity contribution in [2.75, 3.05) is 19.8 Å². The number of hydrogen-bond acceptors (Lipinski definition) is 3. The summed E-state index contributed by atoms with van der Waals surface area (Å²) < 4.78 is 10.7. The molecule has 0 saturated carbocycles. The summed E-state index contributed by atoms with van der Waals surface area (Å²) >= 11 is 0. The lowest BCUT2D eigenvalue weighted by Gasteiger charge is -2.15. The molecule has 0 aliphatic rings. The Morgan fingerprint density at radius 3 is 2.09 bits per heavy atom. The van der Waals surface area contributed by atoms with Crippen LogP contribution >= 0.6 is 0 Å². The van der Waals surface area contributed by atoms with E-state index in [0.717, 1.165) is 19.8 Å². The average Bonchev–Trinajstić information content (AvgIpc) is 2.01. The fourth-order valence-corrected chi connectivity index (χ4v) is 2.03. The fourth-order valence-electron chi connectivity index (χ4n) is 0.800. The molecule has 0 fully saturated rings. The molecule has 0 unspecified atom stereocenters. The molecule has 0 aliphatic heterocycles. The Bertz CT molecular complexity index is 76.8. The van der Waals surface area contributed by atoms with Crippen LogP contribution in [0.2, 0.25) is 0 Å². The Morgan fingerprint density at radius 1 is 1.18 bits per heavy atom. The molecule has 0 amide bonds. The summed E-state index contributed by atoms with van der Waals surface area (Å²) in [6.07, 6.45) is 0. The molecule has 0 rings (SSSR count). The van der Waals surface area contributed by atoms with E-state index in [2.05, 4.69) is 11.9 Å².